The Morgan fingerprint density at radius 1 is 1.44 bits per heavy atom. The normalized spacial score (nSPS) is 23.3. The molecule has 2 aliphatic heterocycles. The Hall–Kier alpha value is -1.64. The highest BCUT2D eigenvalue weighted by Crippen LogP contribution is 2.35. The third-order valence-electron chi connectivity index (χ3n) is 4.63. The van der Waals surface area contributed by atoms with Crippen LogP contribution in [0.1, 0.15) is 33.1 Å². The molecule has 1 N–H and O–H groups in total. The predicted molar refractivity (Wildman–Crippen MR) is 105 cm³/mol. The number of benzene rings is 1. The van der Waals surface area contributed by atoms with E-state index in [-0.39, 0.29) is 36.3 Å². The molecule has 1 fully saturated rings. The Labute approximate surface area is 164 Å². The van der Waals surface area contributed by atoms with Gasteiger partial charge in [0.05, 0.1) is 12.3 Å². The van der Waals surface area contributed by atoms with Crippen LogP contribution >= 0.6 is 11.6 Å². The molecule has 148 valence electrons. The van der Waals surface area contributed by atoms with Gasteiger partial charge in [0.15, 0.2) is 5.60 Å². The number of nitrogens with one attached hydrogen (secondary N) is 1. The first kappa shape index (κ1) is 20.1. The van der Waals surface area contributed by atoms with E-state index in [1.54, 1.807) is 24.3 Å². The van der Waals surface area contributed by atoms with Gasteiger partial charge in [0.1, 0.15) is 5.71 Å². The summed E-state index contributed by atoms with van der Waals surface area (Å²) in [6, 6.07) is 6.84. The van der Waals surface area contributed by atoms with Crippen LogP contribution in [0.3, 0.4) is 0 Å². The number of rotatable bonds is 5. The van der Waals surface area contributed by atoms with Gasteiger partial charge in [-0.2, -0.15) is 4.31 Å². The Bertz CT molecular complexity index is 856. The fourth-order valence-electron chi connectivity index (χ4n) is 3.45. The monoisotopic (exact) mass is 413 g/mol. The quantitative estimate of drug-likeness (QED) is 0.803. The molecule has 0 unspecified atom stereocenters. The van der Waals surface area contributed by atoms with Gasteiger partial charge in [0, 0.05) is 23.7 Å². The number of anilines is 1. The van der Waals surface area contributed by atoms with Crippen LogP contribution in [0, 0.1) is 5.92 Å². The lowest BCUT2D eigenvalue weighted by Gasteiger charge is -2.37. The number of hydrogen-bond donors (Lipinski definition) is 1. The van der Waals surface area contributed by atoms with Crippen LogP contribution in [0.25, 0.3) is 0 Å². The SMILES string of the molecule is CC(C)CS(=O)(=O)N1CCC[C@@]2(CC(C(=O)Nc3cccc(Cl)c3)=NO2)C1. The largest absolute Gasteiger partial charge is 0.387 e. The van der Waals surface area contributed by atoms with Crippen molar-refractivity contribution in [2.45, 2.75) is 38.7 Å². The van der Waals surface area contributed by atoms with Crippen molar-refractivity contribution in [2.24, 2.45) is 11.1 Å². The zero-order chi connectivity index (χ0) is 19.7. The van der Waals surface area contributed by atoms with Crippen molar-refractivity contribution in [1.29, 1.82) is 0 Å². The Balaban J connectivity index is 1.65. The average Bonchev–Trinajstić information content (AvgIpc) is 2.97. The van der Waals surface area contributed by atoms with Gasteiger partial charge in [-0.1, -0.05) is 36.7 Å². The van der Waals surface area contributed by atoms with Crippen LogP contribution in [0.2, 0.25) is 5.02 Å². The molecule has 2 heterocycles. The summed E-state index contributed by atoms with van der Waals surface area (Å²) in [4.78, 5) is 18.1. The summed E-state index contributed by atoms with van der Waals surface area (Å²) in [5.74, 6) is -0.213. The van der Waals surface area contributed by atoms with Crippen LogP contribution in [-0.2, 0) is 19.7 Å². The second-order valence-corrected chi connectivity index (χ2v) is 10.0. The average molecular weight is 414 g/mol. The molecule has 1 spiro atoms. The van der Waals surface area contributed by atoms with Crippen molar-refractivity contribution in [3.05, 3.63) is 29.3 Å². The first-order chi connectivity index (χ1) is 12.7. The highest BCUT2D eigenvalue weighted by molar-refractivity contribution is 7.89. The van der Waals surface area contributed by atoms with Crippen molar-refractivity contribution in [3.8, 4) is 0 Å². The van der Waals surface area contributed by atoms with Crippen LogP contribution in [-0.4, -0.2) is 48.8 Å². The Kier molecular flexibility index (Phi) is 5.79. The van der Waals surface area contributed by atoms with Crippen molar-refractivity contribution in [3.63, 3.8) is 0 Å². The molecule has 1 saturated heterocycles. The lowest BCUT2D eigenvalue weighted by Crippen LogP contribution is -2.51. The van der Waals surface area contributed by atoms with Gasteiger partial charge in [-0.15, -0.1) is 0 Å². The van der Waals surface area contributed by atoms with Gasteiger partial charge in [0.2, 0.25) is 10.0 Å². The van der Waals surface area contributed by atoms with E-state index in [0.29, 0.717) is 30.1 Å². The van der Waals surface area contributed by atoms with E-state index in [1.807, 2.05) is 13.8 Å². The Morgan fingerprint density at radius 3 is 2.93 bits per heavy atom. The van der Waals surface area contributed by atoms with E-state index in [1.165, 1.54) is 4.31 Å². The van der Waals surface area contributed by atoms with Crippen LogP contribution < -0.4 is 5.32 Å². The molecule has 1 aromatic carbocycles. The minimum absolute atomic E-state index is 0.0488. The molecule has 9 heteroatoms. The summed E-state index contributed by atoms with van der Waals surface area (Å²) >= 11 is 5.93. The molecule has 0 saturated carbocycles. The second-order valence-electron chi connectivity index (χ2n) is 7.56. The molecule has 1 aromatic rings. The van der Waals surface area contributed by atoms with E-state index in [0.717, 1.165) is 0 Å². The number of carbonyl (C=O) groups excluding carboxylic acids is 1. The molecule has 27 heavy (non-hydrogen) atoms. The third kappa shape index (κ3) is 4.80. The van der Waals surface area contributed by atoms with Crippen LogP contribution in [0.4, 0.5) is 5.69 Å². The molecule has 1 atom stereocenters. The molecule has 0 bridgehead atoms. The van der Waals surface area contributed by atoms with E-state index >= 15 is 0 Å². The third-order valence-corrected chi connectivity index (χ3v) is 7.05. The van der Waals surface area contributed by atoms with Crippen molar-refractivity contribution < 1.29 is 18.0 Å². The number of carbonyl (C=O) groups is 1. The predicted octanol–water partition coefficient (Wildman–Crippen LogP) is 2.88. The summed E-state index contributed by atoms with van der Waals surface area (Å²) < 4.78 is 26.6. The summed E-state index contributed by atoms with van der Waals surface area (Å²) in [6.45, 7) is 4.46. The minimum atomic E-state index is -3.35. The molecule has 0 aromatic heterocycles. The minimum Gasteiger partial charge on any atom is -0.387 e. The number of hydrogen-bond acceptors (Lipinski definition) is 5. The maximum absolute atomic E-state index is 12.6. The molecule has 3 rings (SSSR count). The van der Waals surface area contributed by atoms with E-state index in [2.05, 4.69) is 10.5 Å². The van der Waals surface area contributed by atoms with Gasteiger partial charge in [-0.3, -0.25) is 4.79 Å². The summed E-state index contributed by atoms with van der Waals surface area (Å²) in [7, 11) is -3.35. The standard InChI is InChI=1S/C18H24ClN3O4S/c1-13(2)11-27(24,25)22-8-4-7-18(12-22)10-16(21-26-18)17(23)20-15-6-3-5-14(19)9-15/h3,5-6,9,13H,4,7-8,10-12H2,1-2H3,(H,20,23)/t18-/m1/s1. The summed E-state index contributed by atoms with van der Waals surface area (Å²) in [6.07, 6.45) is 1.63. The topological polar surface area (TPSA) is 88.1 Å². The van der Waals surface area contributed by atoms with Crippen molar-refractivity contribution in [2.75, 3.05) is 24.2 Å². The highest BCUT2D eigenvalue weighted by Gasteiger charge is 2.47. The lowest BCUT2D eigenvalue weighted by atomic mass is 9.89. The smallest absolute Gasteiger partial charge is 0.273 e. The summed E-state index contributed by atoms with van der Waals surface area (Å²) in [5, 5.41) is 7.23. The first-order valence-corrected chi connectivity index (χ1v) is 11.0. The fraction of sp³-hybridized carbons (Fsp3) is 0.556. The molecular formula is C18H24ClN3O4S. The number of amides is 1. The fourth-order valence-corrected chi connectivity index (χ4v) is 5.54. The van der Waals surface area contributed by atoms with Crippen molar-refractivity contribution in [1.82, 2.24) is 4.31 Å². The maximum Gasteiger partial charge on any atom is 0.273 e. The molecule has 2 aliphatic rings. The zero-order valence-electron chi connectivity index (χ0n) is 15.4. The second kappa shape index (κ2) is 7.77. The molecule has 0 radical (unpaired) electrons. The molecule has 0 aliphatic carbocycles. The summed E-state index contributed by atoms with van der Waals surface area (Å²) in [5.41, 5.74) is 0.0718. The number of piperidine rings is 1. The van der Waals surface area contributed by atoms with Crippen molar-refractivity contribution >= 4 is 38.9 Å². The molecule has 1 amide bonds. The van der Waals surface area contributed by atoms with Gasteiger partial charge in [0.25, 0.3) is 5.91 Å². The van der Waals surface area contributed by atoms with E-state index < -0.39 is 15.6 Å². The zero-order valence-corrected chi connectivity index (χ0v) is 17.0. The highest BCUT2D eigenvalue weighted by atomic mass is 35.5. The molecular weight excluding hydrogens is 390 g/mol. The van der Waals surface area contributed by atoms with Crippen LogP contribution in [0.15, 0.2) is 29.4 Å². The number of oxime groups is 1. The first-order valence-electron chi connectivity index (χ1n) is 8.99. The van der Waals surface area contributed by atoms with E-state index in [4.69, 9.17) is 16.4 Å². The van der Waals surface area contributed by atoms with Gasteiger partial charge >= 0.3 is 0 Å². The van der Waals surface area contributed by atoms with Gasteiger partial charge < -0.3 is 10.2 Å². The molecule has 7 nitrogen and oxygen atoms in total. The Morgan fingerprint density at radius 2 is 2.22 bits per heavy atom. The van der Waals surface area contributed by atoms with Crippen LogP contribution in [0.5, 0.6) is 0 Å². The van der Waals surface area contributed by atoms with Gasteiger partial charge in [-0.05, 0) is 37.0 Å². The van der Waals surface area contributed by atoms with Gasteiger partial charge in [-0.25, -0.2) is 8.42 Å². The number of nitrogens with zero attached hydrogens (tertiary/aromatic N) is 2. The van der Waals surface area contributed by atoms with E-state index in [9.17, 15) is 13.2 Å². The number of sulfonamides is 1. The number of halogens is 1. The lowest BCUT2D eigenvalue weighted by molar-refractivity contribution is -0.110. The maximum atomic E-state index is 12.6.